The summed E-state index contributed by atoms with van der Waals surface area (Å²) in [6.45, 7) is 4.16. The minimum Gasteiger partial charge on any atom is -0.247 e. The van der Waals surface area contributed by atoms with Gasteiger partial charge >= 0.3 is 0 Å². The maximum Gasteiger partial charge on any atom is 0.164 e. The van der Waals surface area contributed by atoms with Crippen molar-refractivity contribution in [2.24, 2.45) is 0 Å². The average molecular weight is 649 g/mol. The molecule has 0 saturated heterocycles. The first-order valence-corrected chi connectivity index (χ1v) is 16.9. The van der Waals surface area contributed by atoms with Gasteiger partial charge in [-0.25, -0.2) is 19.9 Å². The van der Waals surface area contributed by atoms with Gasteiger partial charge in [0.2, 0.25) is 0 Å². The van der Waals surface area contributed by atoms with Crippen LogP contribution >= 0.6 is 11.7 Å². The van der Waals surface area contributed by atoms with Crippen LogP contribution in [-0.4, -0.2) is 28.7 Å². The molecule has 0 aliphatic rings. The number of hydrogen-bond donors (Lipinski definition) is 0. The van der Waals surface area contributed by atoms with Gasteiger partial charge in [-0.15, -0.1) is 0 Å². The summed E-state index contributed by atoms with van der Waals surface area (Å²) in [5, 5.41) is 3.20. The molecule has 7 heteroatoms. The number of hydrogen-bond acceptors (Lipinski definition) is 7. The van der Waals surface area contributed by atoms with Gasteiger partial charge < -0.3 is 0 Å². The predicted octanol–water partition coefficient (Wildman–Crippen LogP) is 10.5. The topological polar surface area (TPSA) is 77.3 Å². The molecule has 3 aromatic heterocycles. The van der Waals surface area contributed by atoms with Crippen molar-refractivity contribution in [2.45, 2.75) is 13.8 Å². The van der Waals surface area contributed by atoms with Gasteiger partial charge in [0.1, 0.15) is 11.0 Å². The van der Waals surface area contributed by atoms with Crippen molar-refractivity contribution in [3.63, 3.8) is 0 Å². The molecule has 9 aromatic rings. The van der Waals surface area contributed by atoms with E-state index in [4.69, 9.17) is 24.3 Å². The molecule has 0 spiro atoms. The first kappa shape index (κ1) is 29.0. The predicted molar refractivity (Wildman–Crippen MR) is 200 cm³/mol. The second-order valence-electron chi connectivity index (χ2n) is 12.3. The molecule has 0 aliphatic carbocycles. The quantitative estimate of drug-likeness (QED) is 0.173. The standard InChI is InChI=1S/C42H28N6S/c1-25-11-15-28(16-12-25)40-44-41(29-17-13-26(2)14-18-29)46-42(45-40)32-10-6-9-30(23-32)31-19-20-33-36(24-31)43-38(27-7-4-3-5-8-27)34-21-22-35-39(37(33)34)48-49-47-35/h3-24H,1-2H3. The highest BCUT2D eigenvalue weighted by Gasteiger charge is 2.17. The number of aromatic nitrogens is 6. The summed E-state index contributed by atoms with van der Waals surface area (Å²) in [5.41, 5.74) is 12.0. The second kappa shape index (κ2) is 11.8. The van der Waals surface area contributed by atoms with Gasteiger partial charge in [0.25, 0.3) is 0 Å². The minimum absolute atomic E-state index is 0.623. The maximum absolute atomic E-state index is 5.26. The molecule has 0 N–H and O–H groups in total. The molecule has 0 bridgehead atoms. The molecule has 232 valence electrons. The molecule has 0 fully saturated rings. The summed E-state index contributed by atoms with van der Waals surface area (Å²) in [7, 11) is 0. The van der Waals surface area contributed by atoms with E-state index in [0.29, 0.717) is 17.5 Å². The fourth-order valence-corrected chi connectivity index (χ4v) is 6.88. The summed E-state index contributed by atoms with van der Waals surface area (Å²) >= 11 is 1.24. The lowest BCUT2D eigenvalue weighted by atomic mass is 9.96. The maximum atomic E-state index is 5.26. The molecule has 6 aromatic carbocycles. The molecule has 6 nitrogen and oxygen atoms in total. The van der Waals surface area contributed by atoms with Crippen LogP contribution in [0.15, 0.2) is 133 Å². The van der Waals surface area contributed by atoms with Crippen LogP contribution in [0.1, 0.15) is 11.1 Å². The smallest absolute Gasteiger partial charge is 0.164 e. The van der Waals surface area contributed by atoms with E-state index in [2.05, 4.69) is 127 Å². The third kappa shape index (κ3) is 5.30. The van der Waals surface area contributed by atoms with E-state index in [9.17, 15) is 0 Å². The van der Waals surface area contributed by atoms with Gasteiger partial charge in [0, 0.05) is 38.4 Å². The third-order valence-corrected chi connectivity index (χ3v) is 9.48. The highest BCUT2D eigenvalue weighted by molar-refractivity contribution is 7.00. The summed E-state index contributed by atoms with van der Waals surface area (Å²) in [4.78, 5) is 20.1. The van der Waals surface area contributed by atoms with Crippen LogP contribution in [0.3, 0.4) is 0 Å². The van der Waals surface area contributed by atoms with Crippen LogP contribution in [0.5, 0.6) is 0 Å². The lowest BCUT2D eigenvalue weighted by molar-refractivity contribution is 1.07. The normalized spacial score (nSPS) is 11.5. The molecule has 3 heterocycles. The summed E-state index contributed by atoms with van der Waals surface area (Å²) in [5.74, 6) is 1.91. The zero-order valence-electron chi connectivity index (χ0n) is 26.8. The van der Waals surface area contributed by atoms with E-state index in [-0.39, 0.29) is 0 Å². The van der Waals surface area contributed by atoms with Crippen LogP contribution in [-0.2, 0) is 0 Å². The highest BCUT2D eigenvalue weighted by Crippen LogP contribution is 2.38. The van der Waals surface area contributed by atoms with Gasteiger partial charge in [0.05, 0.1) is 22.9 Å². The molecular weight excluding hydrogens is 621 g/mol. The van der Waals surface area contributed by atoms with Crippen molar-refractivity contribution in [1.29, 1.82) is 0 Å². The van der Waals surface area contributed by atoms with Crippen molar-refractivity contribution in [1.82, 2.24) is 28.7 Å². The van der Waals surface area contributed by atoms with Gasteiger partial charge in [-0.1, -0.05) is 120 Å². The number of nitrogens with zero attached hydrogens (tertiary/aromatic N) is 6. The Balaban J connectivity index is 1.20. The van der Waals surface area contributed by atoms with Crippen molar-refractivity contribution in [3.05, 3.63) is 145 Å². The van der Waals surface area contributed by atoms with Crippen molar-refractivity contribution < 1.29 is 0 Å². The Kier molecular flexibility index (Phi) is 6.99. The molecule has 0 saturated carbocycles. The SMILES string of the molecule is Cc1ccc(-c2nc(-c3ccc(C)cc3)nc(-c3cccc(-c4ccc5c(c4)nc(-c4ccccc4)c4ccc6nsnc6c45)c3)n2)cc1. The molecule has 0 aliphatic heterocycles. The van der Waals surface area contributed by atoms with Crippen LogP contribution in [0.4, 0.5) is 0 Å². The second-order valence-corrected chi connectivity index (χ2v) is 12.8. The fourth-order valence-electron chi connectivity index (χ4n) is 6.34. The van der Waals surface area contributed by atoms with E-state index in [1.807, 2.05) is 24.3 Å². The van der Waals surface area contributed by atoms with E-state index in [0.717, 1.165) is 71.8 Å². The first-order chi connectivity index (χ1) is 24.1. The summed E-state index contributed by atoms with van der Waals surface area (Å²) in [6, 6.07) is 46.0. The lowest BCUT2D eigenvalue weighted by Crippen LogP contribution is -2.00. The highest BCUT2D eigenvalue weighted by atomic mass is 32.1. The molecular formula is C42H28N6S. The number of aryl methyl sites for hydroxylation is 2. The summed E-state index contributed by atoms with van der Waals surface area (Å²) < 4.78 is 9.24. The van der Waals surface area contributed by atoms with E-state index in [1.54, 1.807) is 0 Å². The zero-order valence-corrected chi connectivity index (χ0v) is 27.6. The van der Waals surface area contributed by atoms with Gasteiger partial charge in [0.15, 0.2) is 17.5 Å². The molecule has 0 radical (unpaired) electrons. The minimum atomic E-state index is 0.623. The molecule has 49 heavy (non-hydrogen) atoms. The Labute approximate surface area is 287 Å². The molecule has 0 atom stereocenters. The fraction of sp³-hybridized carbons (Fsp3) is 0.0476. The Hall–Kier alpha value is -6.18. The van der Waals surface area contributed by atoms with Crippen LogP contribution < -0.4 is 0 Å². The number of benzene rings is 6. The third-order valence-electron chi connectivity index (χ3n) is 8.94. The number of rotatable bonds is 5. The molecule has 0 unspecified atom stereocenters. The number of fused-ring (bicyclic) bond motifs is 5. The average Bonchev–Trinajstić information content (AvgIpc) is 3.64. The van der Waals surface area contributed by atoms with Gasteiger partial charge in [-0.05, 0) is 49.2 Å². The largest absolute Gasteiger partial charge is 0.247 e. The Bertz CT molecular complexity index is 2600. The van der Waals surface area contributed by atoms with Crippen molar-refractivity contribution in [2.75, 3.05) is 0 Å². The molecule has 0 amide bonds. The van der Waals surface area contributed by atoms with Crippen LogP contribution in [0.25, 0.3) is 89.3 Å². The monoisotopic (exact) mass is 648 g/mol. The van der Waals surface area contributed by atoms with E-state index >= 15 is 0 Å². The molecule has 9 rings (SSSR count). The van der Waals surface area contributed by atoms with Crippen LogP contribution in [0, 0.1) is 13.8 Å². The van der Waals surface area contributed by atoms with Crippen molar-refractivity contribution in [3.8, 4) is 56.5 Å². The van der Waals surface area contributed by atoms with Gasteiger partial charge in [-0.2, -0.15) is 8.75 Å². The van der Waals surface area contributed by atoms with E-state index in [1.165, 1.54) is 22.9 Å². The number of pyridine rings is 1. The van der Waals surface area contributed by atoms with E-state index < -0.39 is 0 Å². The zero-order chi connectivity index (χ0) is 32.9. The Morgan fingerprint density at radius 1 is 0.408 bits per heavy atom. The Morgan fingerprint density at radius 3 is 1.67 bits per heavy atom. The van der Waals surface area contributed by atoms with Crippen molar-refractivity contribution >= 4 is 44.4 Å². The first-order valence-electron chi connectivity index (χ1n) is 16.1. The summed E-state index contributed by atoms with van der Waals surface area (Å²) in [6.07, 6.45) is 0. The van der Waals surface area contributed by atoms with Crippen LogP contribution in [0.2, 0.25) is 0 Å². The van der Waals surface area contributed by atoms with Gasteiger partial charge in [-0.3, -0.25) is 0 Å². The lowest BCUT2D eigenvalue weighted by Gasteiger charge is -2.12. The Morgan fingerprint density at radius 2 is 0.980 bits per heavy atom.